The summed E-state index contributed by atoms with van der Waals surface area (Å²) in [6.07, 6.45) is 15.1. The summed E-state index contributed by atoms with van der Waals surface area (Å²) in [6, 6.07) is 0. The molecule has 0 saturated heterocycles. The van der Waals surface area contributed by atoms with E-state index in [1.807, 2.05) is 0 Å². The maximum atomic E-state index is 11.1. The average Bonchev–Trinajstić information content (AvgIpc) is 3.02. The molecule has 3 rings (SSSR count). The van der Waals surface area contributed by atoms with Crippen LogP contribution in [0.1, 0.15) is 104 Å². The summed E-state index contributed by atoms with van der Waals surface area (Å²) in [7, 11) is -3.84. The van der Waals surface area contributed by atoms with Crippen LogP contribution < -0.4 is 0 Å². The SMILES string of the molecule is CCC1CC[C@@]2(C)C(CC[C@@H]2[C@H](C)CCCS(=O)(=O)O)C1CC[C@@H]1CCC[C@H](O)C1. The van der Waals surface area contributed by atoms with Crippen molar-refractivity contribution in [3.63, 3.8) is 0 Å². The minimum atomic E-state index is -3.84. The van der Waals surface area contributed by atoms with Gasteiger partial charge in [0.05, 0.1) is 11.9 Å². The summed E-state index contributed by atoms with van der Waals surface area (Å²) >= 11 is 0. The number of rotatable bonds is 9. The van der Waals surface area contributed by atoms with Crippen molar-refractivity contribution in [1.29, 1.82) is 0 Å². The summed E-state index contributed by atoms with van der Waals surface area (Å²) in [5, 5.41) is 10.1. The van der Waals surface area contributed by atoms with Crippen molar-refractivity contribution >= 4 is 10.1 Å². The van der Waals surface area contributed by atoms with Gasteiger partial charge >= 0.3 is 0 Å². The van der Waals surface area contributed by atoms with Gasteiger partial charge in [-0.3, -0.25) is 4.55 Å². The summed E-state index contributed by atoms with van der Waals surface area (Å²) in [4.78, 5) is 0. The Bertz CT molecular complexity index is 648. The highest BCUT2D eigenvalue weighted by Crippen LogP contribution is 2.62. The monoisotopic (exact) mass is 442 g/mol. The standard InChI is InChI=1S/C25H46O4S/c1-4-20-14-15-25(3)23(18(2)7-6-16-30(27,28)29)12-13-24(25)22(20)11-10-19-8-5-9-21(26)17-19/h18-24,26H,4-17H2,1-3H3,(H,27,28,29)/t18-,19+,20?,21+,22?,23-,24?,25-/m1/s1. The minimum Gasteiger partial charge on any atom is -0.393 e. The first-order valence-corrected chi connectivity index (χ1v) is 14.4. The first-order valence-electron chi connectivity index (χ1n) is 12.8. The highest BCUT2D eigenvalue weighted by molar-refractivity contribution is 7.85. The Morgan fingerprint density at radius 3 is 2.53 bits per heavy atom. The van der Waals surface area contributed by atoms with Crippen LogP contribution in [0, 0.1) is 40.9 Å². The van der Waals surface area contributed by atoms with Gasteiger partial charge < -0.3 is 5.11 Å². The Morgan fingerprint density at radius 1 is 1.10 bits per heavy atom. The summed E-state index contributed by atoms with van der Waals surface area (Å²) < 4.78 is 31.3. The first kappa shape index (κ1) is 24.5. The van der Waals surface area contributed by atoms with Crippen molar-refractivity contribution in [1.82, 2.24) is 0 Å². The van der Waals surface area contributed by atoms with Gasteiger partial charge in [0.1, 0.15) is 0 Å². The van der Waals surface area contributed by atoms with E-state index >= 15 is 0 Å². The lowest BCUT2D eigenvalue weighted by molar-refractivity contribution is -0.0128. The van der Waals surface area contributed by atoms with E-state index in [0.29, 0.717) is 23.7 Å². The summed E-state index contributed by atoms with van der Waals surface area (Å²) in [6.45, 7) is 7.22. The fourth-order valence-electron chi connectivity index (χ4n) is 8.03. The molecule has 0 heterocycles. The van der Waals surface area contributed by atoms with Gasteiger partial charge in [0.25, 0.3) is 10.1 Å². The van der Waals surface area contributed by atoms with E-state index in [1.54, 1.807) is 0 Å². The fourth-order valence-corrected chi connectivity index (χ4v) is 8.56. The zero-order valence-corrected chi connectivity index (χ0v) is 20.4. The Hall–Kier alpha value is -0.130. The molecule has 4 nitrogen and oxygen atoms in total. The van der Waals surface area contributed by atoms with E-state index in [4.69, 9.17) is 4.55 Å². The highest BCUT2D eigenvalue weighted by atomic mass is 32.2. The van der Waals surface area contributed by atoms with Crippen LogP contribution in [0.3, 0.4) is 0 Å². The quantitative estimate of drug-likeness (QED) is 0.424. The van der Waals surface area contributed by atoms with Crippen LogP contribution in [-0.2, 0) is 10.1 Å². The van der Waals surface area contributed by atoms with Gasteiger partial charge in [-0.25, -0.2) is 0 Å². The second-order valence-corrected chi connectivity index (χ2v) is 12.9. The Balaban J connectivity index is 1.62. The largest absolute Gasteiger partial charge is 0.393 e. The molecule has 0 amide bonds. The number of fused-ring (bicyclic) bond motifs is 1. The van der Waals surface area contributed by atoms with Gasteiger partial charge in [0, 0.05) is 0 Å². The molecular formula is C25H46O4S. The van der Waals surface area contributed by atoms with Crippen LogP contribution in [0.4, 0.5) is 0 Å². The maximum absolute atomic E-state index is 11.1. The lowest BCUT2D eigenvalue weighted by atomic mass is 9.55. The molecule has 0 spiro atoms. The predicted molar refractivity (Wildman–Crippen MR) is 123 cm³/mol. The van der Waals surface area contributed by atoms with Gasteiger partial charge in [-0.2, -0.15) is 8.42 Å². The molecule has 0 aromatic heterocycles. The Labute approximate surface area is 185 Å². The lowest BCUT2D eigenvalue weighted by Gasteiger charge is -2.50. The van der Waals surface area contributed by atoms with Crippen LogP contribution in [0.5, 0.6) is 0 Å². The van der Waals surface area contributed by atoms with Gasteiger partial charge in [0.2, 0.25) is 0 Å². The molecule has 3 fully saturated rings. The van der Waals surface area contributed by atoms with Gasteiger partial charge in [0.15, 0.2) is 0 Å². The third-order valence-electron chi connectivity index (χ3n) is 9.60. The molecule has 3 aliphatic rings. The molecule has 0 radical (unpaired) electrons. The van der Waals surface area contributed by atoms with Gasteiger partial charge in [-0.15, -0.1) is 0 Å². The smallest absolute Gasteiger partial charge is 0.264 e. The van der Waals surface area contributed by atoms with Crippen molar-refractivity contribution in [2.75, 3.05) is 5.75 Å². The third-order valence-corrected chi connectivity index (χ3v) is 10.4. The molecule has 8 atom stereocenters. The molecule has 0 bridgehead atoms. The van der Waals surface area contributed by atoms with E-state index < -0.39 is 10.1 Å². The Kier molecular flexibility index (Phi) is 8.34. The van der Waals surface area contributed by atoms with E-state index in [0.717, 1.165) is 42.9 Å². The average molecular weight is 443 g/mol. The topological polar surface area (TPSA) is 74.6 Å². The molecule has 3 saturated carbocycles. The normalized spacial score (nSPS) is 40.8. The summed E-state index contributed by atoms with van der Waals surface area (Å²) in [5.74, 6) is 4.30. The third kappa shape index (κ3) is 5.81. The molecule has 2 N–H and O–H groups in total. The van der Waals surface area contributed by atoms with Crippen LogP contribution in [0.2, 0.25) is 0 Å². The summed E-state index contributed by atoms with van der Waals surface area (Å²) in [5.41, 5.74) is 0.389. The van der Waals surface area contributed by atoms with Crippen molar-refractivity contribution in [3.05, 3.63) is 0 Å². The zero-order valence-electron chi connectivity index (χ0n) is 19.6. The molecule has 3 unspecified atom stereocenters. The van der Waals surface area contributed by atoms with E-state index in [1.165, 1.54) is 57.8 Å². The molecule has 0 aliphatic heterocycles. The van der Waals surface area contributed by atoms with Crippen molar-refractivity contribution in [3.8, 4) is 0 Å². The first-order chi connectivity index (χ1) is 14.1. The fraction of sp³-hybridized carbons (Fsp3) is 1.00. The van der Waals surface area contributed by atoms with Gasteiger partial charge in [-0.1, -0.05) is 46.5 Å². The van der Waals surface area contributed by atoms with E-state index in [-0.39, 0.29) is 11.9 Å². The van der Waals surface area contributed by atoms with Gasteiger partial charge in [-0.05, 0) is 98.7 Å². The van der Waals surface area contributed by atoms with Crippen LogP contribution >= 0.6 is 0 Å². The van der Waals surface area contributed by atoms with Crippen molar-refractivity contribution in [2.45, 2.75) is 110 Å². The maximum Gasteiger partial charge on any atom is 0.264 e. The number of aliphatic hydroxyl groups excluding tert-OH is 1. The molecule has 5 heteroatoms. The van der Waals surface area contributed by atoms with Crippen LogP contribution in [0.15, 0.2) is 0 Å². The highest BCUT2D eigenvalue weighted by Gasteiger charge is 2.54. The molecule has 3 aliphatic carbocycles. The van der Waals surface area contributed by atoms with E-state index in [2.05, 4.69) is 20.8 Å². The number of hydrogen-bond acceptors (Lipinski definition) is 3. The van der Waals surface area contributed by atoms with Crippen LogP contribution in [0.25, 0.3) is 0 Å². The second-order valence-electron chi connectivity index (χ2n) is 11.3. The predicted octanol–water partition coefficient (Wildman–Crippen LogP) is 6.09. The Morgan fingerprint density at radius 2 is 1.87 bits per heavy atom. The zero-order chi connectivity index (χ0) is 21.9. The molecular weight excluding hydrogens is 396 g/mol. The van der Waals surface area contributed by atoms with Crippen LogP contribution in [-0.4, -0.2) is 29.9 Å². The number of hydrogen-bond donors (Lipinski definition) is 2. The van der Waals surface area contributed by atoms with Crippen molar-refractivity contribution in [2.24, 2.45) is 40.9 Å². The minimum absolute atomic E-state index is 0.0678. The molecule has 0 aromatic carbocycles. The molecule has 0 aromatic rings. The molecule has 30 heavy (non-hydrogen) atoms. The molecule has 176 valence electrons. The van der Waals surface area contributed by atoms with E-state index in [9.17, 15) is 13.5 Å². The number of aliphatic hydroxyl groups is 1. The second kappa shape index (κ2) is 10.2. The van der Waals surface area contributed by atoms with Crippen molar-refractivity contribution < 1.29 is 18.1 Å². The lowest BCUT2D eigenvalue weighted by Crippen LogP contribution is -2.43.